The number of thiocarbonyl (C=S) groups is 1. The largest absolute Gasteiger partial charge is 0.432 e. The van der Waals surface area contributed by atoms with Crippen molar-refractivity contribution in [1.82, 2.24) is 14.9 Å². The molecule has 8 rings (SSSR count). The number of likely N-dealkylation sites (tertiary alicyclic amines) is 1. The maximum atomic E-state index is 13.2. The van der Waals surface area contributed by atoms with Crippen LogP contribution in [-0.4, -0.2) is 39.0 Å². The summed E-state index contributed by atoms with van der Waals surface area (Å²) in [6, 6.07) is 39.8. The summed E-state index contributed by atoms with van der Waals surface area (Å²) in [7, 11) is 0. The van der Waals surface area contributed by atoms with Gasteiger partial charge >= 0.3 is 0 Å². The molecule has 0 bridgehead atoms. The lowest BCUT2D eigenvalue weighted by Crippen LogP contribution is -2.31. The van der Waals surface area contributed by atoms with E-state index in [1.165, 1.54) is 5.56 Å². The Morgan fingerprint density at radius 1 is 0.733 bits per heavy atom. The van der Waals surface area contributed by atoms with Crippen molar-refractivity contribution in [3.63, 3.8) is 0 Å². The summed E-state index contributed by atoms with van der Waals surface area (Å²) in [5.74, 6) is 0.823. The lowest BCUT2D eigenvalue weighted by molar-refractivity contribution is 0.102. The summed E-state index contributed by atoms with van der Waals surface area (Å²) in [5, 5.41) is 7.89. The first-order valence-electron chi connectivity index (χ1n) is 15.0. The van der Waals surface area contributed by atoms with Crippen molar-refractivity contribution in [3.05, 3.63) is 132 Å². The molecule has 1 fully saturated rings. The van der Waals surface area contributed by atoms with E-state index in [4.69, 9.17) is 26.9 Å². The standard InChI is InChI=1S/C38H28N4O2S/c43-37(25-14-17-28(18-15-25)44-38(45)42-21-20-26(23-42)24-8-2-1-3-9-24)39-27-16-19-33-34(22-27)41-36-32-13-7-5-11-30(32)29-10-4-6-12-31(29)35(36)40-33/h1-19,22,26H,20-21,23H2,(H,39,43)/t26-/m1/s1. The maximum Gasteiger partial charge on any atom is 0.264 e. The van der Waals surface area contributed by atoms with Gasteiger partial charge in [0.1, 0.15) is 5.75 Å². The fourth-order valence-electron chi connectivity index (χ4n) is 6.32. The van der Waals surface area contributed by atoms with Gasteiger partial charge in [-0.05, 0) is 77.4 Å². The van der Waals surface area contributed by atoms with E-state index in [9.17, 15) is 4.79 Å². The smallest absolute Gasteiger partial charge is 0.264 e. The Balaban J connectivity index is 0.992. The highest BCUT2D eigenvalue weighted by Gasteiger charge is 2.26. The number of nitrogens with one attached hydrogen (secondary N) is 1. The monoisotopic (exact) mass is 604 g/mol. The van der Waals surface area contributed by atoms with E-state index >= 15 is 0 Å². The molecule has 1 aliphatic heterocycles. The van der Waals surface area contributed by atoms with Crippen molar-refractivity contribution in [2.45, 2.75) is 12.3 Å². The summed E-state index contributed by atoms with van der Waals surface area (Å²) in [6.07, 6.45) is 1.04. The first kappa shape index (κ1) is 27.2. The van der Waals surface area contributed by atoms with E-state index in [2.05, 4.69) is 64.8 Å². The number of carbonyl (C=O) groups is 1. The zero-order valence-electron chi connectivity index (χ0n) is 24.3. The van der Waals surface area contributed by atoms with Gasteiger partial charge in [0, 0.05) is 41.0 Å². The Morgan fingerprint density at radius 3 is 2.04 bits per heavy atom. The zero-order valence-corrected chi connectivity index (χ0v) is 25.1. The van der Waals surface area contributed by atoms with Crippen LogP contribution in [0.3, 0.4) is 0 Å². The lowest BCUT2D eigenvalue weighted by Gasteiger charge is -2.19. The van der Waals surface area contributed by atoms with Crippen LogP contribution in [0.2, 0.25) is 0 Å². The fourth-order valence-corrected chi connectivity index (χ4v) is 6.59. The number of carbonyl (C=O) groups excluding carboxylic acids is 1. The fraction of sp³-hybridized carbons (Fsp3) is 0.105. The summed E-state index contributed by atoms with van der Waals surface area (Å²) >= 11 is 5.60. The minimum absolute atomic E-state index is 0.223. The minimum Gasteiger partial charge on any atom is -0.432 e. The molecule has 1 aliphatic rings. The molecule has 7 heteroatoms. The predicted molar refractivity (Wildman–Crippen MR) is 185 cm³/mol. The third-order valence-electron chi connectivity index (χ3n) is 8.62. The van der Waals surface area contributed by atoms with Gasteiger partial charge in [-0.15, -0.1) is 0 Å². The summed E-state index contributed by atoms with van der Waals surface area (Å²) < 4.78 is 5.99. The SMILES string of the molecule is O=C(Nc1ccc2nc3c4ccccc4c4ccccc4c3nc2c1)c1ccc(OC(=S)N2CC[C@@H](c3ccccc3)C2)cc1. The van der Waals surface area contributed by atoms with E-state index in [1.54, 1.807) is 24.3 Å². The molecule has 6 nitrogen and oxygen atoms in total. The molecule has 0 unspecified atom stereocenters. The molecular formula is C38H28N4O2S. The van der Waals surface area contributed by atoms with Crippen LogP contribution >= 0.6 is 12.2 Å². The molecule has 1 atom stereocenters. The minimum atomic E-state index is -0.223. The molecule has 1 N–H and O–H groups in total. The van der Waals surface area contributed by atoms with Crippen LogP contribution < -0.4 is 10.1 Å². The van der Waals surface area contributed by atoms with Gasteiger partial charge in [-0.3, -0.25) is 4.79 Å². The van der Waals surface area contributed by atoms with E-state index in [0.717, 1.165) is 63.1 Å². The number of ether oxygens (including phenoxy) is 1. The van der Waals surface area contributed by atoms with Gasteiger partial charge in [-0.2, -0.15) is 0 Å². The van der Waals surface area contributed by atoms with Crippen LogP contribution in [0.5, 0.6) is 5.75 Å². The number of nitrogens with zero attached hydrogens (tertiary/aromatic N) is 3. The molecule has 0 radical (unpaired) electrons. The maximum absolute atomic E-state index is 13.2. The third kappa shape index (κ3) is 5.11. The molecule has 1 amide bonds. The number of hydrogen-bond donors (Lipinski definition) is 1. The topological polar surface area (TPSA) is 67.3 Å². The van der Waals surface area contributed by atoms with E-state index in [1.807, 2.05) is 42.5 Å². The van der Waals surface area contributed by atoms with E-state index in [-0.39, 0.29) is 5.91 Å². The van der Waals surface area contributed by atoms with Gasteiger partial charge < -0.3 is 15.0 Å². The molecule has 0 aliphatic carbocycles. The van der Waals surface area contributed by atoms with Crippen molar-refractivity contribution in [3.8, 4) is 5.75 Å². The highest BCUT2D eigenvalue weighted by molar-refractivity contribution is 7.80. The number of rotatable bonds is 4. The highest BCUT2D eigenvalue weighted by atomic mass is 32.1. The van der Waals surface area contributed by atoms with Crippen molar-refractivity contribution in [2.75, 3.05) is 18.4 Å². The van der Waals surface area contributed by atoms with Crippen LogP contribution in [0.25, 0.3) is 43.6 Å². The highest BCUT2D eigenvalue weighted by Crippen LogP contribution is 2.34. The van der Waals surface area contributed by atoms with Gasteiger partial charge in [0.15, 0.2) is 0 Å². The van der Waals surface area contributed by atoms with Gasteiger partial charge in [0.2, 0.25) is 0 Å². The second kappa shape index (κ2) is 11.3. The Morgan fingerprint density at radius 2 is 1.36 bits per heavy atom. The number of anilines is 1. The number of fused-ring (bicyclic) bond motifs is 7. The summed E-state index contributed by atoms with van der Waals surface area (Å²) in [6.45, 7) is 1.69. The summed E-state index contributed by atoms with van der Waals surface area (Å²) in [5.41, 5.74) is 5.69. The van der Waals surface area contributed by atoms with E-state index in [0.29, 0.717) is 28.1 Å². The molecule has 218 valence electrons. The van der Waals surface area contributed by atoms with Crippen molar-refractivity contribution in [2.24, 2.45) is 0 Å². The zero-order chi connectivity index (χ0) is 30.3. The Bertz CT molecular complexity index is 2250. The Labute approximate surface area is 265 Å². The summed E-state index contributed by atoms with van der Waals surface area (Å²) in [4.78, 5) is 25.3. The second-order valence-electron chi connectivity index (χ2n) is 11.4. The Kier molecular flexibility index (Phi) is 6.80. The van der Waals surface area contributed by atoms with Crippen molar-refractivity contribution < 1.29 is 9.53 Å². The second-order valence-corrected chi connectivity index (χ2v) is 11.8. The molecule has 1 aromatic heterocycles. The quantitative estimate of drug-likeness (QED) is 0.123. The molecule has 6 aromatic carbocycles. The molecular weight excluding hydrogens is 577 g/mol. The molecule has 2 heterocycles. The molecule has 0 spiro atoms. The number of amides is 1. The van der Waals surface area contributed by atoms with Gasteiger partial charge in [0.25, 0.3) is 11.1 Å². The van der Waals surface area contributed by atoms with E-state index < -0.39 is 0 Å². The predicted octanol–water partition coefficient (Wildman–Crippen LogP) is 8.49. The van der Waals surface area contributed by atoms with Crippen LogP contribution in [0.1, 0.15) is 28.3 Å². The number of aromatic nitrogens is 2. The van der Waals surface area contributed by atoms with Crippen LogP contribution in [0, 0.1) is 0 Å². The normalized spacial score (nSPS) is 14.8. The third-order valence-corrected chi connectivity index (χ3v) is 8.96. The molecule has 1 saturated heterocycles. The van der Waals surface area contributed by atoms with Gasteiger partial charge in [-0.1, -0.05) is 78.9 Å². The van der Waals surface area contributed by atoms with Gasteiger partial charge in [0.05, 0.1) is 22.1 Å². The lowest BCUT2D eigenvalue weighted by atomic mass is 9.99. The van der Waals surface area contributed by atoms with Crippen LogP contribution in [0.15, 0.2) is 121 Å². The first-order chi connectivity index (χ1) is 22.1. The van der Waals surface area contributed by atoms with Crippen molar-refractivity contribution >= 4 is 72.6 Å². The van der Waals surface area contributed by atoms with Gasteiger partial charge in [-0.25, -0.2) is 9.97 Å². The number of hydrogen-bond acceptors (Lipinski definition) is 5. The Hall–Kier alpha value is -5.40. The first-order valence-corrected chi connectivity index (χ1v) is 15.5. The average Bonchev–Trinajstić information content (AvgIpc) is 3.59. The molecule has 0 saturated carbocycles. The molecule has 45 heavy (non-hydrogen) atoms. The average molecular weight is 605 g/mol. The van der Waals surface area contributed by atoms with Crippen LogP contribution in [0.4, 0.5) is 5.69 Å². The van der Waals surface area contributed by atoms with Crippen LogP contribution in [-0.2, 0) is 0 Å². The van der Waals surface area contributed by atoms with Crippen molar-refractivity contribution in [1.29, 1.82) is 0 Å². The number of benzene rings is 6. The molecule has 7 aromatic rings.